The Morgan fingerprint density at radius 1 is 1.21 bits per heavy atom. The predicted octanol–water partition coefficient (Wildman–Crippen LogP) is 3.31. The van der Waals surface area contributed by atoms with E-state index in [0.29, 0.717) is 35.7 Å². The third-order valence-electron chi connectivity index (χ3n) is 4.11. The fourth-order valence-electron chi connectivity index (χ4n) is 3.00. The molecule has 1 heterocycles. The molecule has 1 N–H and O–H groups in total. The molecule has 5 nitrogen and oxygen atoms in total. The van der Waals surface area contributed by atoms with Crippen LogP contribution in [-0.4, -0.2) is 30.4 Å². The van der Waals surface area contributed by atoms with E-state index in [1.165, 1.54) is 0 Å². The number of amides is 2. The van der Waals surface area contributed by atoms with Gasteiger partial charge in [-0.2, -0.15) is 0 Å². The van der Waals surface area contributed by atoms with Gasteiger partial charge >= 0.3 is 0 Å². The number of methoxy groups -OCH3 is 1. The monoisotopic (exact) mass is 324 g/mol. The summed E-state index contributed by atoms with van der Waals surface area (Å²) >= 11 is 0. The van der Waals surface area contributed by atoms with E-state index in [4.69, 9.17) is 4.74 Å². The molecular weight excluding hydrogens is 304 g/mol. The van der Waals surface area contributed by atoms with E-state index in [2.05, 4.69) is 5.32 Å². The first-order valence-electron chi connectivity index (χ1n) is 8.01. The average Bonchev–Trinajstić information content (AvgIpc) is 2.92. The van der Waals surface area contributed by atoms with Crippen LogP contribution in [0.2, 0.25) is 0 Å². The molecule has 0 unspecified atom stereocenters. The van der Waals surface area contributed by atoms with Crippen LogP contribution in [0.4, 0.5) is 5.69 Å². The first kappa shape index (κ1) is 16.1. The maximum absolute atomic E-state index is 12.7. The van der Waals surface area contributed by atoms with Gasteiger partial charge in [-0.15, -0.1) is 0 Å². The first-order chi connectivity index (χ1) is 11.7. The number of nitrogens with zero attached hydrogens (tertiary/aromatic N) is 1. The second-order valence-electron chi connectivity index (χ2n) is 5.72. The largest absolute Gasteiger partial charge is 0.495 e. The number of hydrogen-bond donors (Lipinski definition) is 1. The van der Waals surface area contributed by atoms with Gasteiger partial charge in [-0.3, -0.25) is 9.59 Å². The van der Waals surface area contributed by atoms with Crippen molar-refractivity contribution in [2.24, 2.45) is 0 Å². The summed E-state index contributed by atoms with van der Waals surface area (Å²) in [6.45, 7) is 3.30. The maximum atomic E-state index is 12.7. The zero-order chi connectivity index (χ0) is 17.1. The fraction of sp³-hybridized carbons (Fsp3) is 0.263. The Morgan fingerprint density at radius 2 is 2.00 bits per heavy atom. The highest BCUT2D eigenvalue weighted by Crippen LogP contribution is 2.28. The molecule has 0 bridgehead atoms. The summed E-state index contributed by atoms with van der Waals surface area (Å²) in [6.07, 6.45) is 0.891. The van der Waals surface area contributed by atoms with Gasteiger partial charge in [0.05, 0.1) is 23.9 Å². The van der Waals surface area contributed by atoms with Crippen molar-refractivity contribution in [2.45, 2.75) is 19.9 Å². The molecule has 0 saturated heterocycles. The van der Waals surface area contributed by atoms with Crippen LogP contribution >= 0.6 is 0 Å². The van der Waals surface area contributed by atoms with Crippen LogP contribution in [0.25, 0.3) is 0 Å². The summed E-state index contributed by atoms with van der Waals surface area (Å²) in [5, 5.41) is 2.84. The minimum Gasteiger partial charge on any atom is -0.495 e. The van der Waals surface area contributed by atoms with Crippen molar-refractivity contribution in [3.8, 4) is 5.75 Å². The molecule has 2 amide bonds. The van der Waals surface area contributed by atoms with Crippen molar-refractivity contribution in [3.05, 3.63) is 59.2 Å². The third-order valence-corrected chi connectivity index (χ3v) is 4.11. The van der Waals surface area contributed by atoms with Crippen LogP contribution in [0.5, 0.6) is 5.75 Å². The van der Waals surface area contributed by atoms with Crippen molar-refractivity contribution in [2.75, 3.05) is 19.0 Å². The number of nitrogens with one attached hydrogen (secondary N) is 1. The molecule has 2 aromatic rings. The summed E-state index contributed by atoms with van der Waals surface area (Å²) in [4.78, 5) is 27.1. The normalized spacial score (nSPS) is 12.9. The molecule has 0 spiro atoms. The molecule has 5 heteroatoms. The van der Waals surface area contributed by atoms with Crippen molar-refractivity contribution >= 4 is 17.5 Å². The van der Waals surface area contributed by atoms with Crippen LogP contribution in [0.3, 0.4) is 0 Å². The second kappa shape index (κ2) is 6.74. The number of rotatable bonds is 5. The Balaban J connectivity index is 1.90. The number of ether oxygens (including phenoxy) is 1. The number of carbonyl (C=O) groups is 2. The van der Waals surface area contributed by atoms with E-state index in [1.54, 1.807) is 30.2 Å². The zero-order valence-electron chi connectivity index (χ0n) is 13.8. The fourth-order valence-corrected chi connectivity index (χ4v) is 3.00. The summed E-state index contributed by atoms with van der Waals surface area (Å²) in [5.74, 6) is 0.207. The van der Waals surface area contributed by atoms with Gasteiger partial charge in [0.1, 0.15) is 5.75 Å². The van der Waals surface area contributed by atoms with Crippen LogP contribution < -0.4 is 10.1 Å². The number of carbonyl (C=O) groups excluding carboxylic acids is 2. The SMILES string of the molecule is CCCN1Cc2cccc(C(=O)Nc3ccccc3OC)c2C1=O. The number of hydrogen-bond acceptors (Lipinski definition) is 3. The van der Waals surface area contributed by atoms with Gasteiger partial charge in [-0.05, 0) is 30.2 Å². The standard InChI is InChI=1S/C19H20N2O3/c1-3-11-21-12-13-7-6-8-14(17(13)19(21)23)18(22)20-15-9-4-5-10-16(15)24-2/h4-10H,3,11-12H2,1-2H3,(H,20,22). The van der Waals surface area contributed by atoms with E-state index in [-0.39, 0.29) is 11.8 Å². The lowest BCUT2D eigenvalue weighted by atomic mass is 10.0. The van der Waals surface area contributed by atoms with Gasteiger partial charge < -0.3 is 15.0 Å². The summed E-state index contributed by atoms with van der Waals surface area (Å²) in [7, 11) is 1.55. The van der Waals surface area contributed by atoms with E-state index in [9.17, 15) is 9.59 Å². The highest BCUT2D eigenvalue weighted by Gasteiger charge is 2.31. The first-order valence-corrected chi connectivity index (χ1v) is 8.01. The van der Waals surface area contributed by atoms with Gasteiger partial charge in [0, 0.05) is 13.1 Å². The van der Waals surface area contributed by atoms with Crippen molar-refractivity contribution in [1.82, 2.24) is 4.90 Å². The lowest BCUT2D eigenvalue weighted by molar-refractivity contribution is 0.0774. The summed E-state index contributed by atoms with van der Waals surface area (Å²) in [5.41, 5.74) is 2.40. The third kappa shape index (κ3) is 2.85. The van der Waals surface area contributed by atoms with Gasteiger partial charge in [0.2, 0.25) is 0 Å². The quantitative estimate of drug-likeness (QED) is 0.918. The summed E-state index contributed by atoms with van der Waals surface area (Å²) in [6, 6.07) is 12.6. The second-order valence-corrected chi connectivity index (χ2v) is 5.72. The Labute approximate surface area is 141 Å². The molecular formula is C19H20N2O3. The van der Waals surface area contributed by atoms with Crippen LogP contribution in [0.15, 0.2) is 42.5 Å². The molecule has 24 heavy (non-hydrogen) atoms. The number of fused-ring (bicyclic) bond motifs is 1. The van der Waals surface area contributed by atoms with E-state index in [0.717, 1.165) is 12.0 Å². The highest BCUT2D eigenvalue weighted by atomic mass is 16.5. The predicted molar refractivity (Wildman–Crippen MR) is 92.4 cm³/mol. The van der Waals surface area contributed by atoms with Crippen LogP contribution in [0.1, 0.15) is 39.6 Å². The molecule has 1 aliphatic rings. The van der Waals surface area contributed by atoms with Crippen molar-refractivity contribution in [1.29, 1.82) is 0 Å². The summed E-state index contributed by atoms with van der Waals surface area (Å²) < 4.78 is 5.25. The number of para-hydroxylation sites is 2. The van der Waals surface area contributed by atoms with Gasteiger partial charge in [-0.25, -0.2) is 0 Å². The molecule has 3 rings (SSSR count). The minimum atomic E-state index is -0.303. The van der Waals surface area contributed by atoms with Crippen LogP contribution in [0, 0.1) is 0 Å². The highest BCUT2D eigenvalue weighted by molar-refractivity contribution is 6.14. The Morgan fingerprint density at radius 3 is 2.75 bits per heavy atom. The molecule has 0 fully saturated rings. The topological polar surface area (TPSA) is 58.6 Å². The van der Waals surface area contributed by atoms with Crippen molar-refractivity contribution < 1.29 is 14.3 Å². The van der Waals surface area contributed by atoms with Gasteiger partial charge in [-0.1, -0.05) is 31.2 Å². The molecule has 0 aliphatic carbocycles. The number of anilines is 1. The molecule has 0 radical (unpaired) electrons. The smallest absolute Gasteiger partial charge is 0.256 e. The number of benzene rings is 2. The molecule has 124 valence electrons. The Hall–Kier alpha value is -2.82. The van der Waals surface area contributed by atoms with Crippen molar-refractivity contribution in [3.63, 3.8) is 0 Å². The minimum absolute atomic E-state index is 0.0716. The Bertz CT molecular complexity index is 786. The molecule has 0 aromatic heterocycles. The molecule has 0 saturated carbocycles. The average molecular weight is 324 g/mol. The Kier molecular flexibility index (Phi) is 4.51. The molecule has 1 aliphatic heterocycles. The molecule has 2 aromatic carbocycles. The van der Waals surface area contributed by atoms with Crippen LogP contribution in [-0.2, 0) is 6.54 Å². The lowest BCUT2D eigenvalue weighted by Crippen LogP contribution is -2.26. The lowest BCUT2D eigenvalue weighted by Gasteiger charge is -2.14. The van der Waals surface area contributed by atoms with Gasteiger partial charge in [0.15, 0.2) is 0 Å². The molecule has 0 atom stereocenters. The maximum Gasteiger partial charge on any atom is 0.256 e. The van der Waals surface area contributed by atoms with E-state index < -0.39 is 0 Å². The van der Waals surface area contributed by atoms with E-state index in [1.807, 2.05) is 31.2 Å². The van der Waals surface area contributed by atoms with Gasteiger partial charge in [0.25, 0.3) is 11.8 Å². The zero-order valence-corrected chi connectivity index (χ0v) is 13.8. The van der Waals surface area contributed by atoms with E-state index >= 15 is 0 Å².